The van der Waals surface area contributed by atoms with E-state index in [0.29, 0.717) is 0 Å². The van der Waals surface area contributed by atoms with Gasteiger partial charge in [0.15, 0.2) is 6.79 Å². The van der Waals surface area contributed by atoms with Crippen molar-refractivity contribution in [3.63, 3.8) is 0 Å². The summed E-state index contributed by atoms with van der Waals surface area (Å²) in [4.78, 5) is 6.34. The molecule has 0 aliphatic heterocycles. The second-order valence-electron chi connectivity index (χ2n) is 1.05. The molecule has 56 valence electrons. The van der Waals surface area contributed by atoms with Gasteiger partial charge in [-0.25, -0.2) is 0 Å². The third-order valence-electron chi connectivity index (χ3n) is 0.319. The van der Waals surface area contributed by atoms with Crippen LogP contribution in [0.25, 0.3) is 0 Å². The van der Waals surface area contributed by atoms with E-state index < -0.39 is 13.2 Å². The first-order valence-electron chi connectivity index (χ1n) is 1.92. The number of methoxy groups -OCH3 is 1. The number of ether oxygens (including phenoxy) is 1. The highest BCUT2D eigenvalue weighted by Crippen LogP contribution is 2.15. The van der Waals surface area contributed by atoms with E-state index >= 15 is 0 Å². The van der Waals surface area contributed by atoms with Crippen molar-refractivity contribution >= 4 is 0 Å². The van der Waals surface area contributed by atoms with Gasteiger partial charge in [0, 0.05) is 7.11 Å². The highest BCUT2D eigenvalue weighted by atomic mass is 19.4. The van der Waals surface area contributed by atoms with Crippen molar-refractivity contribution in [1.82, 2.24) is 0 Å². The maximum atomic E-state index is 11.0. The van der Waals surface area contributed by atoms with Gasteiger partial charge in [-0.1, -0.05) is 0 Å². The predicted octanol–water partition coefficient (Wildman–Crippen LogP) is 1.06. The zero-order chi connectivity index (χ0) is 7.33. The standard InChI is InChI=1S/C3H5F3O3/c1-7-2-8-9-3(4,5)6/h2H2,1H3. The smallest absolute Gasteiger partial charge is 0.355 e. The van der Waals surface area contributed by atoms with E-state index in [9.17, 15) is 13.2 Å². The van der Waals surface area contributed by atoms with Crippen LogP contribution in [0.3, 0.4) is 0 Å². The second-order valence-corrected chi connectivity index (χ2v) is 1.05. The fourth-order valence-corrected chi connectivity index (χ4v) is 0.139. The van der Waals surface area contributed by atoms with Crippen LogP contribution in [0.4, 0.5) is 13.2 Å². The molecule has 0 aliphatic rings. The lowest BCUT2D eigenvalue weighted by molar-refractivity contribution is -0.497. The molecule has 6 heteroatoms. The van der Waals surface area contributed by atoms with Crippen LogP contribution in [0.5, 0.6) is 0 Å². The molecule has 0 aromatic heterocycles. The van der Waals surface area contributed by atoms with Gasteiger partial charge in [-0.05, 0) is 0 Å². The summed E-state index contributed by atoms with van der Waals surface area (Å²) in [5, 5.41) is 0. The van der Waals surface area contributed by atoms with Crippen LogP contribution in [0.2, 0.25) is 0 Å². The average molecular weight is 146 g/mol. The Balaban J connectivity index is 3.07. The maximum Gasteiger partial charge on any atom is 0.549 e. The first kappa shape index (κ1) is 8.67. The van der Waals surface area contributed by atoms with Crippen LogP contribution in [0, 0.1) is 0 Å². The average Bonchev–Trinajstić information content (AvgIpc) is 1.63. The van der Waals surface area contributed by atoms with Crippen molar-refractivity contribution in [3.05, 3.63) is 0 Å². The van der Waals surface area contributed by atoms with Gasteiger partial charge >= 0.3 is 6.36 Å². The third kappa shape index (κ3) is 7.67. The fraction of sp³-hybridized carbons (Fsp3) is 1.00. The van der Waals surface area contributed by atoms with Gasteiger partial charge in [0.05, 0.1) is 0 Å². The molecule has 0 unspecified atom stereocenters. The summed E-state index contributed by atoms with van der Waals surface area (Å²) in [6.07, 6.45) is -4.75. The van der Waals surface area contributed by atoms with E-state index in [0.717, 1.165) is 0 Å². The largest absolute Gasteiger partial charge is 0.549 e. The lowest BCUT2D eigenvalue weighted by Gasteiger charge is -2.03. The van der Waals surface area contributed by atoms with E-state index in [-0.39, 0.29) is 0 Å². The summed E-state index contributed by atoms with van der Waals surface area (Å²) in [5.41, 5.74) is 0. The van der Waals surface area contributed by atoms with Crippen LogP contribution >= 0.6 is 0 Å². The molecule has 0 aromatic carbocycles. The maximum absolute atomic E-state index is 11.0. The minimum absolute atomic E-state index is 0.542. The van der Waals surface area contributed by atoms with Crippen molar-refractivity contribution < 1.29 is 27.7 Å². The van der Waals surface area contributed by atoms with E-state index in [1.54, 1.807) is 0 Å². The van der Waals surface area contributed by atoms with Crippen LogP contribution in [-0.2, 0) is 14.5 Å². The van der Waals surface area contributed by atoms with Gasteiger partial charge in [0.1, 0.15) is 0 Å². The number of rotatable bonds is 3. The molecule has 0 atom stereocenters. The number of hydrogen-bond acceptors (Lipinski definition) is 3. The van der Waals surface area contributed by atoms with Gasteiger partial charge in [-0.3, -0.25) is 0 Å². The quantitative estimate of drug-likeness (QED) is 0.258. The van der Waals surface area contributed by atoms with Gasteiger partial charge in [0.2, 0.25) is 0 Å². The Hall–Kier alpha value is -0.330. The van der Waals surface area contributed by atoms with Crippen molar-refractivity contribution in [2.24, 2.45) is 0 Å². The van der Waals surface area contributed by atoms with E-state index in [2.05, 4.69) is 14.5 Å². The molecular formula is C3H5F3O3. The van der Waals surface area contributed by atoms with E-state index in [1.807, 2.05) is 0 Å². The Morgan fingerprint density at radius 1 is 1.33 bits per heavy atom. The number of hydrogen-bond donors (Lipinski definition) is 0. The molecule has 0 amide bonds. The van der Waals surface area contributed by atoms with Gasteiger partial charge in [-0.2, -0.15) is 4.89 Å². The molecule has 0 N–H and O–H groups in total. The predicted molar refractivity (Wildman–Crippen MR) is 20.1 cm³/mol. The molecule has 0 saturated carbocycles. The normalized spacial score (nSPS) is 12.0. The molecule has 0 aliphatic carbocycles. The molecule has 0 spiro atoms. The molecule has 0 bridgehead atoms. The Bertz CT molecular complexity index is 71.2. The second kappa shape index (κ2) is 3.65. The molecular weight excluding hydrogens is 141 g/mol. The SMILES string of the molecule is COCOOC(F)(F)F. The van der Waals surface area contributed by atoms with Gasteiger partial charge in [-0.15, -0.1) is 18.1 Å². The van der Waals surface area contributed by atoms with Crippen LogP contribution < -0.4 is 0 Å². The number of halogens is 3. The summed E-state index contributed by atoms with van der Waals surface area (Å²) < 4.78 is 37.0. The topological polar surface area (TPSA) is 27.7 Å². The Morgan fingerprint density at radius 2 is 1.89 bits per heavy atom. The fourth-order valence-electron chi connectivity index (χ4n) is 0.139. The van der Waals surface area contributed by atoms with Crippen molar-refractivity contribution in [2.45, 2.75) is 6.36 Å². The first-order chi connectivity index (χ1) is 4.06. The Labute approximate surface area is 49.2 Å². The Morgan fingerprint density at radius 3 is 2.22 bits per heavy atom. The van der Waals surface area contributed by atoms with Crippen LogP contribution in [-0.4, -0.2) is 20.3 Å². The summed E-state index contributed by atoms with van der Waals surface area (Å²) in [6.45, 7) is -0.542. The lowest BCUT2D eigenvalue weighted by Crippen LogP contribution is -2.14. The molecule has 0 fully saturated rings. The van der Waals surface area contributed by atoms with Gasteiger partial charge in [0.25, 0.3) is 0 Å². The first-order valence-corrected chi connectivity index (χ1v) is 1.92. The minimum atomic E-state index is -4.75. The number of alkyl halides is 3. The molecule has 0 rings (SSSR count). The van der Waals surface area contributed by atoms with Crippen LogP contribution in [0.1, 0.15) is 0 Å². The third-order valence-corrected chi connectivity index (χ3v) is 0.319. The van der Waals surface area contributed by atoms with Crippen molar-refractivity contribution in [2.75, 3.05) is 13.9 Å². The molecule has 9 heavy (non-hydrogen) atoms. The highest BCUT2D eigenvalue weighted by molar-refractivity contribution is 4.12. The summed E-state index contributed by atoms with van der Waals surface area (Å²) in [5.74, 6) is 0. The summed E-state index contributed by atoms with van der Waals surface area (Å²) in [6, 6.07) is 0. The zero-order valence-electron chi connectivity index (χ0n) is 4.57. The molecule has 3 nitrogen and oxygen atoms in total. The van der Waals surface area contributed by atoms with E-state index in [1.165, 1.54) is 7.11 Å². The molecule has 0 aromatic rings. The van der Waals surface area contributed by atoms with E-state index in [4.69, 9.17) is 0 Å². The molecule has 0 radical (unpaired) electrons. The molecule has 0 saturated heterocycles. The summed E-state index contributed by atoms with van der Waals surface area (Å²) in [7, 11) is 1.18. The minimum Gasteiger partial charge on any atom is -0.355 e. The zero-order valence-corrected chi connectivity index (χ0v) is 4.57. The lowest BCUT2D eigenvalue weighted by atomic mass is 11.4. The van der Waals surface area contributed by atoms with Crippen molar-refractivity contribution in [3.8, 4) is 0 Å². The van der Waals surface area contributed by atoms with Gasteiger partial charge < -0.3 is 4.74 Å². The van der Waals surface area contributed by atoms with Crippen molar-refractivity contribution in [1.29, 1.82) is 0 Å². The highest BCUT2D eigenvalue weighted by Gasteiger charge is 2.30. The molecule has 0 heterocycles. The Kier molecular flexibility index (Phi) is 3.52. The summed E-state index contributed by atoms with van der Waals surface area (Å²) >= 11 is 0. The monoisotopic (exact) mass is 146 g/mol. The van der Waals surface area contributed by atoms with Crippen LogP contribution in [0.15, 0.2) is 0 Å².